The van der Waals surface area contributed by atoms with Gasteiger partial charge in [0.15, 0.2) is 11.7 Å². The third-order valence-electron chi connectivity index (χ3n) is 2.89. The van der Waals surface area contributed by atoms with Crippen LogP contribution in [-0.4, -0.2) is 15.8 Å². The molecule has 0 aliphatic rings. The predicted molar refractivity (Wildman–Crippen MR) is 80.8 cm³/mol. The Balaban J connectivity index is 2.01. The molecule has 3 rings (SSSR count). The van der Waals surface area contributed by atoms with Crippen LogP contribution in [0.2, 0.25) is 0 Å². The van der Waals surface area contributed by atoms with E-state index in [1.165, 1.54) is 11.3 Å². The number of rotatable bonds is 3. The van der Waals surface area contributed by atoms with Gasteiger partial charge in [-0.2, -0.15) is 5.26 Å². The highest BCUT2D eigenvalue weighted by molar-refractivity contribution is 9.11. The Kier molecular flexibility index (Phi) is 3.38. The molecular weight excluding hydrogens is 338 g/mol. The zero-order chi connectivity index (χ0) is 14.1. The molecule has 2 heterocycles. The van der Waals surface area contributed by atoms with E-state index in [1.54, 1.807) is 12.1 Å². The molecule has 4 nitrogen and oxygen atoms in total. The van der Waals surface area contributed by atoms with Crippen molar-refractivity contribution < 1.29 is 4.79 Å². The van der Waals surface area contributed by atoms with E-state index in [2.05, 4.69) is 25.9 Å². The molecule has 1 N–H and O–H groups in total. The second kappa shape index (κ2) is 5.19. The fourth-order valence-corrected chi connectivity index (χ4v) is 3.30. The van der Waals surface area contributed by atoms with E-state index in [0.717, 1.165) is 14.8 Å². The van der Waals surface area contributed by atoms with E-state index in [9.17, 15) is 10.1 Å². The number of para-hydroxylation sites is 2. The summed E-state index contributed by atoms with van der Waals surface area (Å²) in [6, 6.07) is 13.0. The Bertz CT molecular complexity index is 797. The number of nitrogens with zero attached hydrogens (tertiary/aromatic N) is 2. The van der Waals surface area contributed by atoms with Crippen molar-refractivity contribution in [2.75, 3.05) is 0 Å². The van der Waals surface area contributed by atoms with Crippen molar-refractivity contribution in [2.45, 2.75) is 5.92 Å². The summed E-state index contributed by atoms with van der Waals surface area (Å²) in [6.45, 7) is 0. The maximum Gasteiger partial charge on any atom is 0.197 e. The normalized spacial score (nSPS) is 12.2. The molecule has 6 heteroatoms. The van der Waals surface area contributed by atoms with Crippen LogP contribution in [0.5, 0.6) is 0 Å². The van der Waals surface area contributed by atoms with Crippen molar-refractivity contribution >= 4 is 44.1 Å². The van der Waals surface area contributed by atoms with E-state index in [1.807, 2.05) is 30.3 Å². The van der Waals surface area contributed by atoms with Gasteiger partial charge in [0.2, 0.25) is 0 Å². The average molecular weight is 346 g/mol. The van der Waals surface area contributed by atoms with Gasteiger partial charge in [0.05, 0.1) is 25.8 Å². The zero-order valence-corrected chi connectivity index (χ0v) is 12.5. The number of aromatic nitrogens is 2. The number of thiophene rings is 1. The van der Waals surface area contributed by atoms with Crippen LogP contribution in [0.1, 0.15) is 21.4 Å². The summed E-state index contributed by atoms with van der Waals surface area (Å²) in [7, 11) is 0. The van der Waals surface area contributed by atoms with Crippen LogP contribution in [0, 0.1) is 11.3 Å². The van der Waals surface area contributed by atoms with E-state index in [-0.39, 0.29) is 5.78 Å². The fraction of sp³-hybridized carbons (Fsp3) is 0.0714. The lowest BCUT2D eigenvalue weighted by Crippen LogP contribution is -2.11. The molecule has 0 aliphatic heterocycles. The van der Waals surface area contributed by atoms with Gasteiger partial charge in [0.1, 0.15) is 5.82 Å². The first-order chi connectivity index (χ1) is 9.69. The van der Waals surface area contributed by atoms with Crippen molar-refractivity contribution in [1.29, 1.82) is 5.26 Å². The molecule has 1 aromatic carbocycles. The Hall–Kier alpha value is -1.97. The number of H-pyrrole nitrogens is 1. The molecule has 20 heavy (non-hydrogen) atoms. The van der Waals surface area contributed by atoms with Crippen molar-refractivity contribution in [3.05, 3.63) is 50.9 Å². The number of carbonyl (C=O) groups excluding carboxylic acids is 1. The largest absolute Gasteiger partial charge is 0.340 e. The van der Waals surface area contributed by atoms with E-state index < -0.39 is 5.92 Å². The number of nitriles is 1. The van der Waals surface area contributed by atoms with Gasteiger partial charge in [-0.3, -0.25) is 4.79 Å². The maximum absolute atomic E-state index is 12.4. The summed E-state index contributed by atoms with van der Waals surface area (Å²) >= 11 is 4.63. The lowest BCUT2D eigenvalue weighted by atomic mass is 10.0. The number of nitrogens with one attached hydrogen (secondary N) is 1. The number of benzene rings is 1. The second-order valence-electron chi connectivity index (χ2n) is 4.17. The molecule has 0 spiro atoms. The lowest BCUT2D eigenvalue weighted by molar-refractivity contribution is 0.0980. The summed E-state index contributed by atoms with van der Waals surface area (Å²) in [5.41, 5.74) is 1.57. The monoisotopic (exact) mass is 345 g/mol. The summed E-state index contributed by atoms with van der Waals surface area (Å²) in [4.78, 5) is 20.3. The van der Waals surface area contributed by atoms with Gasteiger partial charge in [-0.1, -0.05) is 12.1 Å². The Morgan fingerprint density at radius 3 is 2.80 bits per heavy atom. The minimum atomic E-state index is -0.909. The first-order valence-corrected chi connectivity index (χ1v) is 7.44. The highest BCUT2D eigenvalue weighted by atomic mass is 79.9. The van der Waals surface area contributed by atoms with Crippen LogP contribution in [0.15, 0.2) is 40.2 Å². The molecule has 0 fully saturated rings. The summed E-state index contributed by atoms with van der Waals surface area (Å²) in [6.07, 6.45) is 0. The molecule has 0 saturated heterocycles. The van der Waals surface area contributed by atoms with Gasteiger partial charge < -0.3 is 4.98 Å². The third kappa shape index (κ3) is 2.26. The Morgan fingerprint density at radius 1 is 1.35 bits per heavy atom. The number of hydrogen-bond acceptors (Lipinski definition) is 4. The van der Waals surface area contributed by atoms with Crippen LogP contribution >= 0.6 is 27.3 Å². The topological polar surface area (TPSA) is 69.5 Å². The molecule has 0 bridgehead atoms. The van der Waals surface area contributed by atoms with Crippen molar-refractivity contribution in [3.8, 4) is 6.07 Å². The van der Waals surface area contributed by atoms with Gasteiger partial charge in [0, 0.05) is 0 Å². The van der Waals surface area contributed by atoms with E-state index in [4.69, 9.17) is 0 Å². The first-order valence-electron chi connectivity index (χ1n) is 5.83. The summed E-state index contributed by atoms with van der Waals surface area (Å²) < 4.78 is 0.863. The van der Waals surface area contributed by atoms with Crippen molar-refractivity contribution in [1.82, 2.24) is 9.97 Å². The number of aromatic amines is 1. The second-order valence-corrected chi connectivity index (χ2v) is 6.63. The average Bonchev–Trinajstić information content (AvgIpc) is 3.05. The molecule has 2 aromatic heterocycles. The third-order valence-corrected chi connectivity index (χ3v) is 4.53. The SMILES string of the molecule is N#C[C@@H](C(=O)c1ccc(Br)s1)c1nc2ccccc2[nH]1. The number of imidazole rings is 1. The number of ketones is 1. The molecule has 0 aliphatic carbocycles. The zero-order valence-electron chi connectivity index (χ0n) is 10.1. The first kappa shape index (κ1) is 13.0. The number of carbonyl (C=O) groups is 1. The maximum atomic E-state index is 12.4. The van der Waals surface area contributed by atoms with Gasteiger partial charge in [-0.05, 0) is 40.2 Å². The number of fused-ring (bicyclic) bond motifs is 1. The van der Waals surface area contributed by atoms with Crippen LogP contribution in [0.25, 0.3) is 11.0 Å². The standard InChI is InChI=1S/C14H8BrN3OS/c15-12-6-5-11(20-12)13(19)8(7-16)14-17-9-3-1-2-4-10(9)18-14/h1-6,8H,(H,17,18)/t8-/m0/s1. The van der Waals surface area contributed by atoms with Crippen LogP contribution in [0.3, 0.4) is 0 Å². The minimum absolute atomic E-state index is 0.234. The van der Waals surface area contributed by atoms with Gasteiger partial charge >= 0.3 is 0 Å². The van der Waals surface area contributed by atoms with Gasteiger partial charge in [-0.15, -0.1) is 11.3 Å². The Morgan fingerprint density at radius 2 is 2.15 bits per heavy atom. The summed E-state index contributed by atoms with van der Waals surface area (Å²) in [5.74, 6) is -0.751. The minimum Gasteiger partial charge on any atom is -0.340 e. The molecule has 0 unspecified atom stereocenters. The summed E-state index contributed by atoms with van der Waals surface area (Å²) in [5, 5.41) is 9.31. The Labute approximate surface area is 127 Å². The van der Waals surface area contributed by atoms with Crippen LogP contribution in [-0.2, 0) is 0 Å². The van der Waals surface area contributed by atoms with Crippen LogP contribution < -0.4 is 0 Å². The molecule has 3 aromatic rings. The van der Waals surface area contributed by atoms with Crippen molar-refractivity contribution in [2.24, 2.45) is 0 Å². The number of Topliss-reactive ketones (excluding diaryl/α,β-unsaturated/α-hetero) is 1. The number of halogens is 1. The molecule has 0 amide bonds. The van der Waals surface area contributed by atoms with Gasteiger partial charge in [0.25, 0.3) is 0 Å². The smallest absolute Gasteiger partial charge is 0.197 e. The van der Waals surface area contributed by atoms with Gasteiger partial charge in [-0.25, -0.2) is 4.98 Å². The van der Waals surface area contributed by atoms with E-state index in [0.29, 0.717) is 10.7 Å². The molecular formula is C14H8BrN3OS. The highest BCUT2D eigenvalue weighted by Crippen LogP contribution is 2.27. The quantitative estimate of drug-likeness (QED) is 0.732. The molecule has 98 valence electrons. The molecule has 0 radical (unpaired) electrons. The fourth-order valence-electron chi connectivity index (χ4n) is 1.94. The molecule has 1 atom stereocenters. The van der Waals surface area contributed by atoms with Crippen LogP contribution in [0.4, 0.5) is 0 Å². The van der Waals surface area contributed by atoms with Crippen molar-refractivity contribution in [3.63, 3.8) is 0 Å². The predicted octanol–water partition coefficient (Wildman–Crippen LogP) is 3.88. The number of hydrogen-bond donors (Lipinski definition) is 1. The lowest BCUT2D eigenvalue weighted by Gasteiger charge is -2.02. The highest BCUT2D eigenvalue weighted by Gasteiger charge is 2.26. The molecule has 0 saturated carbocycles. The van der Waals surface area contributed by atoms with E-state index >= 15 is 0 Å².